The van der Waals surface area contributed by atoms with E-state index in [1.807, 2.05) is 18.3 Å². The second-order valence-corrected chi connectivity index (χ2v) is 7.62. The van der Waals surface area contributed by atoms with Crippen LogP contribution in [0.4, 0.5) is 5.69 Å². The fourth-order valence-electron chi connectivity index (χ4n) is 4.21. The van der Waals surface area contributed by atoms with Gasteiger partial charge in [-0.2, -0.15) is 0 Å². The Balaban J connectivity index is 1.44. The molecule has 1 aromatic heterocycles. The number of hydrogen-bond acceptors (Lipinski definition) is 5. The summed E-state index contributed by atoms with van der Waals surface area (Å²) in [6, 6.07) is 6.66. The highest BCUT2D eigenvalue weighted by atomic mass is 16.5. The Morgan fingerprint density at radius 2 is 2.12 bits per heavy atom. The van der Waals surface area contributed by atoms with Gasteiger partial charge in [-0.15, -0.1) is 0 Å². The fourth-order valence-corrected chi connectivity index (χ4v) is 4.21. The number of anilines is 1. The molecule has 2 saturated heterocycles. The third kappa shape index (κ3) is 3.64. The minimum absolute atomic E-state index is 0.515. The molecule has 0 aliphatic carbocycles. The zero-order valence-corrected chi connectivity index (χ0v) is 15.8. The minimum atomic E-state index is 0.515. The summed E-state index contributed by atoms with van der Waals surface area (Å²) in [6.07, 6.45) is 5.53. The first-order valence-electron chi connectivity index (χ1n) is 9.73. The van der Waals surface area contributed by atoms with Crippen LogP contribution in [0.25, 0.3) is 10.9 Å². The number of pyridine rings is 1. The van der Waals surface area contributed by atoms with Crippen LogP contribution in [0.1, 0.15) is 24.8 Å². The van der Waals surface area contributed by atoms with Crippen molar-refractivity contribution >= 4 is 16.6 Å². The molecule has 2 aromatic rings. The van der Waals surface area contributed by atoms with Gasteiger partial charge in [0.15, 0.2) is 0 Å². The summed E-state index contributed by atoms with van der Waals surface area (Å²) in [5.74, 6) is 1.57. The van der Waals surface area contributed by atoms with E-state index in [0.29, 0.717) is 6.04 Å². The molecule has 2 fully saturated rings. The molecule has 1 N–H and O–H groups in total. The van der Waals surface area contributed by atoms with Crippen molar-refractivity contribution in [2.75, 3.05) is 45.3 Å². The van der Waals surface area contributed by atoms with Gasteiger partial charge in [-0.25, -0.2) is 0 Å². The van der Waals surface area contributed by atoms with Crippen molar-refractivity contribution in [2.24, 2.45) is 5.92 Å². The molecule has 0 radical (unpaired) electrons. The summed E-state index contributed by atoms with van der Waals surface area (Å²) in [5, 5.41) is 4.96. The lowest BCUT2D eigenvalue weighted by atomic mass is 10.0. The van der Waals surface area contributed by atoms with Crippen LogP contribution in [-0.4, -0.2) is 55.9 Å². The number of nitrogens with one attached hydrogen (secondary N) is 1. The Morgan fingerprint density at radius 3 is 2.85 bits per heavy atom. The van der Waals surface area contributed by atoms with Gasteiger partial charge in [0.25, 0.3) is 0 Å². The highest BCUT2D eigenvalue weighted by Crippen LogP contribution is 2.32. The lowest BCUT2D eigenvalue weighted by Gasteiger charge is -2.34. The van der Waals surface area contributed by atoms with Crippen molar-refractivity contribution in [3.05, 3.63) is 30.0 Å². The summed E-state index contributed by atoms with van der Waals surface area (Å²) >= 11 is 0. The third-order valence-electron chi connectivity index (χ3n) is 5.75. The van der Waals surface area contributed by atoms with Crippen molar-refractivity contribution in [1.29, 1.82) is 0 Å². The number of hydrogen-bond donors (Lipinski definition) is 1. The summed E-state index contributed by atoms with van der Waals surface area (Å²) in [5.41, 5.74) is 3.33. The number of ether oxygens (including phenoxy) is 2. The predicted molar refractivity (Wildman–Crippen MR) is 105 cm³/mol. The van der Waals surface area contributed by atoms with E-state index >= 15 is 0 Å². The molecular weight excluding hydrogens is 326 g/mol. The second kappa shape index (κ2) is 7.80. The van der Waals surface area contributed by atoms with Crippen molar-refractivity contribution in [1.82, 2.24) is 9.88 Å². The smallest absolute Gasteiger partial charge is 0.145 e. The van der Waals surface area contributed by atoms with Crippen LogP contribution < -0.4 is 10.1 Å². The van der Waals surface area contributed by atoms with Crippen molar-refractivity contribution in [3.8, 4) is 5.75 Å². The SMILES string of the molecule is COc1cccc2c(NC3CCN(CC4CCOC4)CC3)c(C)cnc12. The zero-order chi connectivity index (χ0) is 17.9. The van der Waals surface area contributed by atoms with Crippen LogP contribution in [0.5, 0.6) is 5.75 Å². The van der Waals surface area contributed by atoms with Crippen LogP contribution in [0, 0.1) is 12.8 Å². The molecule has 1 aromatic carbocycles. The van der Waals surface area contributed by atoms with Crippen LogP contribution in [0.3, 0.4) is 0 Å². The Kier molecular flexibility index (Phi) is 5.27. The molecule has 5 heteroatoms. The number of aromatic nitrogens is 1. The van der Waals surface area contributed by atoms with Crippen LogP contribution >= 0.6 is 0 Å². The minimum Gasteiger partial charge on any atom is -0.494 e. The molecule has 0 bridgehead atoms. The first kappa shape index (κ1) is 17.6. The molecule has 4 rings (SSSR count). The Bertz CT molecular complexity index is 750. The Hall–Kier alpha value is -1.85. The summed E-state index contributed by atoms with van der Waals surface area (Å²) in [6.45, 7) is 7.55. The lowest BCUT2D eigenvalue weighted by molar-refractivity contribution is 0.154. The van der Waals surface area contributed by atoms with Crippen molar-refractivity contribution in [2.45, 2.75) is 32.2 Å². The number of rotatable bonds is 5. The molecule has 5 nitrogen and oxygen atoms in total. The maximum atomic E-state index is 5.52. The van der Waals surface area contributed by atoms with Gasteiger partial charge >= 0.3 is 0 Å². The van der Waals surface area contributed by atoms with Gasteiger partial charge in [0, 0.05) is 49.6 Å². The van der Waals surface area contributed by atoms with E-state index in [0.717, 1.165) is 35.8 Å². The van der Waals surface area contributed by atoms with Gasteiger partial charge in [-0.1, -0.05) is 12.1 Å². The van der Waals surface area contributed by atoms with Gasteiger partial charge in [0.1, 0.15) is 11.3 Å². The molecule has 2 aliphatic rings. The quantitative estimate of drug-likeness (QED) is 0.890. The molecule has 1 unspecified atom stereocenters. The molecule has 3 heterocycles. The van der Waals surface area contributed by atoms with Gasteiger partial charge in [-0.05, 0) is 43.7 Å². The summed E-state index contributed by atoms with van der Waals surface area (Å²) in [4.78, 5) is 7.20. The Labute approximate surface area is 155 Å². The van der Waals surface area contributed by atoms with E-state index in [9.17, 15) is 0 Å². The van der Waals surface area contributed by atoms with Gasteiger partial charge in [0.2, 0.25) is 0 Å². The van der Waals surface area contributed by atoms with E-state index in [1.54, 1.807) is 7.11 Å². The number of benzene rings is 1. The molecule has 26 heavy (non-hydrogen) atoms. The standard InChI is InChI=1S/C21H29N3O2/c1-15-12-22-21-18(4-3-5-19(21)25-2)20(15)23-17-6-9-24(10-7-17)13-16-8-11-26-14-16/h3-5,12,16-17H,6-11,13-14H2,1-2H3,(H,22,23). The van der Waals surface area contributed by atoms with E-state index in [1.165, 1.54) is 50.1 Å². The van der Waals surface area contributed by atoms with E-state index < -0.39 is 0 Å². The summed E-state index contributed by atoms with van der Waals surface area (Å²) < 4.78 is 11.0. The number of aryl methyl sites for hydroxylation is 1. The van der Waals surface area contributed by atoms with Crippen LogP contribution in [0.15, 0.2) is 24.4 Å². The second-order valence-electron chi connectivity index (χ2n) is 7.62. The fraction of sp³-hybridized carbons (Fsp3) is 0.571. The van der Waals surface area contributed by atoms with E-state index in [-0.39, 0.29) is 0 Å². The highest BCUT2D eigenvalue weighted by molar-refractivity contribution is 5.96. The predicted octanol–water partition coefficient (Wildman–Crippen LogP) is 3.46. The maximum absolute atomic E-state index is 5.52. The largest absolute Gasteiger partial charge is 0.494 e. The lowest BCUT2D eigenvalue weighted by Crippen LogP contribution is -2.41. The van der Waals surface area contributed by atoms with Gasteiger partial charge in [-0.3, -0.25) is 4.98 Å². The zero-order valence-electron chi connectivity index (χ0n) is 15.8. The first-order chi connectivity index (χ1) is 12.7. The average Bonchev–Trinajstić information content (AvgIpc) is 3.18. The van der Waals surface area contributed by atoms with E-state index in [4.69, 9.17) is 9.47 Å². The topological polar surface area (TPSA) is 46.6 Å². The van der Waals surface area contributed by atoms with Crippen LogP contribution in [0.2, 0.25) is 0 Å². The Morgan fingerprint density at radius 1 is 1.27 bits per heavy atom. The normalized spacial score (nSPS) is 22.0. The monoisotopic (exact) mass is 355 g/mol. The van der Waals surface area contributed by atoms with Crippen molar-refractivity contribution in [3.63, 3.8) is 0 Å². The summed E-state index contributed by atoms with van der Waals surface area (Å²) in [7, 11) is 1.70. The molecule has 2 aliphatic heterocycles. The number of fused-ring (bicyclic) bond motifs is 1. The van der Waals surface area contributed by atoms with Gasteiger partial charge < -0.3 is 19.7 Å². The molecule has 0 amide bonds. The number of para-hydroxylation sites is 1. The average molecular weight is 355 g/mol. The molecule has 0 saturated carbocycles. The number of nitrogens with zero attached hydrogens (tertiary/aromatic N) is 2. The number of methoxy groups -OCH3 is 1. The van der Waals surface area contributed by atoms with Crippen LogP contribution in [-0.2, 0) is 4.74 Å². The maximum Gasteiger partial charge on any atom is 0.145 e. The molecule has 1 atom stereocenters. The number of piperidine rings is 1. The molecule has 140 valence electrons. The van der Waals surface area contributed by atoms with Crippen molar-refractivity contribution < 1.29 is 9.47 Å². The third-order valence-corrected chi connectivity index (χ3v) is 5.75. The van der Waals surface area contributed by atoms with Gasteiger partial charge in [0.05, 0.1) is 13.7 Å². The first-order valence-corrected chi connectivity index (χ1v) is 9.73. The van der Waals surface area contributed by atoms with E-state index in [2.05, 4.69) is 28.2 Å². The molecular formula is C21H29N3O2. The highest BCUT2D eigenvalue weighted by Gasteiger charge is 2.24. The molecule has 0 spiro atoms. The number of likely N-dealkylation sites (tertiary alicyclic amines) is 1.